The molecule has 2 fully saturated rings. The number of amides is 1. The number of likely N-dealkylation sites (tertiary alicyclic amines) is 1. The highest BCUT2D eigenvalue weighted by atomic mass is 19.1. The average molecular weight is 358 g/mol. The lowest BCUT2D eigenvalue weighted by Gasteiger charge is -2.20. The number of rotatable bonds is 4. The molecule has 1 aromatic heterocycles. The Hall–Kier alpha value is -2.28. The maximum Gasteiger partial charge on any atom is 0.246 e. The number of hydrogen-bond acceptors (Lipinski definition) is 5. The zero-order valence-corrected chi connectivity index (χ0v) is 14.9. The van der Waals surface area contributed by atoms with E-state index in [0.717, 1.165) is 36.8 Å². The fourth-order valence-corrected chi connectivity index (χ4v) is 3.82. The molecule has 7 heteroatoms. The van der Waals surface area contributed by atoms with Gasteiger partial charge in [0.2, 0.25) is 11.8 Å². The normalized spacial score (nSPS) is 22.3. The number of nitrogens with two attached hydrogens (primary N) is 1. The van der Waals surface area contributed by atoms with Crippen LogP contribution in [0.25, 0.3) is 0 Å². The van der Waals surface area contributed by atoms with Gasteiger partial charge < -0.3 is 15.2 Å². The maximum atomic E-state index is 13.7. The molecule has 0 radical (unpaired) electrons. The summed E-state index contributed by atoms with van der Waals surface area (Å²) < 4.78 is 19.2. The second-order valence-corrected chi connectivity index (χ2v) is 7.42. The second kappa shape index (κ2) is 6.46. The number of carbonyl (C=O) groups excluding carboxylic acids is 1. The number of benzene rings is 1. The van der Waals surface area contributed by atoms with Crippen LogP contribution in [-0.4, -0.2) is 33.5 Å². The van der Waals surface area contributed by atoms with Crippen LogP contribution in [0.5, 0.6) is 0 Å². The summed E-state index contributed by atoms with van der Waals surface area (Å²) in [6.45, 7) is 2.89. The number of halogens is 1. The van der Waals surface area contributed by atoms with Crippen molar-refractivity contribution in [2.24, 2.45) is 5.73 Å². The van der Waals surface area contributed by atoms with E-state index in [0.29, 0.717) is 24.7 Å². The first-order valence-corrected chi connectivity index (χ1v) is 9.14. The zero-order valence-electron chi connectivity index (χ0n) is 14.9. The number of aryl methyl sites for hydroxylation is 1. The number of nitrogens with zero attached hydrogens (tertiary/aromatic N) is 3. The Morgan fingerprint density at radius 3 is 2.96 bits per heavy atom. The van der Waals surface area contributed by atoms with Crippen molar-refractivity contribution in [1.82, 2.24) is 15.0 Å². The van der Waals surface area contributed by atoms with Gasteiger partial charge in [0.05, 0.1) is 11.5 Å². The lowest BCUT2D eigenvalue weighted by molar-refractivity contribution is -0.133. The third-order valence-electron chi connectivity index (χ3n) is 5.51. The highest BCUT2D eigenvalue weighted by molar-refractivity contribution is 5.81. The molecule has 1 aromatic carbocycles. The van der Waals surface area contributed by atoms with Crippen molar-refractivity contribution < 1.29 is 13.7 Å². The van der Waals surface area contributed by atoms with Gasteiger partial charge in [0.15, 0.2) is 5.82 Å². The minimum atomic E-state index is -0.454. The van der Waals surface area contributed by atoms with E-state index in [1.165, 1.54) is 6.07 Å². The highest BCUT2D eigenvalue weighted by Crippen LogP contribution is 2.53. The molecule has 2 aliphatic rings. The second-order valence-electron chi connectivity index (χ2n) is 7.42. The predicted molar refractivity (Wildman–Crippen MR) is 92.7 cm³/mol. The first-order chi connectivity index (χ1) is 12.5. The quantitative estimate of drug-likeness (QED) is 0.907. The van der Waals surface area contributed by atoms with E-state index in [1.807, 2.05) is 6.92 Å². The van der Waals surface area contributed by atoms with Gasteiger partial charge in [-0.1, -0.05) is 11.2 Å². The van der Waals surface area contributed by atoms with Crippen LogP contribution in [0.15, 0.2) is 22.7 Å². The molecule has 1 saturated carbocycles. The average Bonchev–Trinajstić information content (AvgIpc) is 3.33. The molecular weight excluding hydrogens is 335 g/mol. The molecule has 1 aliphatic heterocycles. The van der Waals surface area contributed by atoms with Crippen molar-refractivity contribution in [2.75, 3.05) is 6.54 Å². The molecule has 1 atom stereocenters. The monoisotopic (exact) mass is 358 g/mol. The standard InChI is InChI=1S/C19H23FN4O2/c1-12-5-6-13(20)10-14(12)19(7-8-19)18-22-16(26-23-18)11-24-9-3-2-4-15(21)17(24)25/h5-6,10,15H,2-4,7-9,11,21H2,1H3. The Kier molecular flexibility index (Phi) is 4.26. The molecule has 138 valence electrons. The van der Waals surface area contributed by atoms with Gasteiger partial charge in [-0.3, -0.25) is 4.79 Å². The van der Waals surface area contributed by atoms with E-state index in [9.17, 15) is 9.18 Å². The van der Waals surface area contributed by atoms with Gasteiger partial charge in [-0.2, -0.15) is 4.98 Å². The lowest BCUT2D eigenvalue weighted by Crippen LogP contribution is -2.41. The van der Waals surface area contributed by atoms with Crippen molar-refractivity contribution in [3.8, 4) is 0 Å². The fraction of sp³-hybridized carbons (Fsp3) is 0.526. The van der Waals surface area contributed by atoms with Gasteiger partial charge >= 0.3 is 0 Å². The van der Waals surface area contributed by atoms with Crippen LogP contribution in [0.2, 0.25) is 0 Å². The molecule has 1 saturated heterocycles. The van der Waals surface area contributed by atoms with Crippen LogP contribution in [0, 0.1) is 12.7 Å². The molecule has 2 N–H and O–H groups in total. The van der Waals surface area contributed by atoms with E-state index < -0.39 is 6.04 Å². The summed E-state index contributed by atoms with van der Waals surface area (Å²) in [5.74, 6) is 0.657. The van der Waals surface area contributed by atoms with Crippen LogP contribution in [0.4, 0.5) is 4.39 Å². The van der Waals surface area contributed by atoms with E-state index in [1.54, 1.807) is 17.0 Å². The molecule has 26 heavy (non-hydrogen) atoms. The summed E-state index contributed by atoms with van der Waals surface area (Å²) in [5.41, 5.74) is 7.48. The molecule has 0 spiro atoms. The largest absolute Gasteiger partial charge is 0.337 e. The van der Waals surface area contributed by atoms with Crippen LogP contribution >= 0.6 is 0 Å². The smallest absolute Gasteiger partial charge is 0.246 e. The predicted octanol–water partition coefficient (Wildman–Crippen LogP) is 2.44. The molecule has 6 nitrogen and oxygen atoms in total. The molecule has 1 amide bonds. The number of hydrogen-bond donors (Lipinski definition) is 1. The Morgan fingerprint density at radius 2 is 2.19 bits per heavy atom. The summed E-state index contributed by atoms with van der Waals surface area (Å²) in [6.07, 6.45) is 4.31. The number of aromatic nitrogens is 2. The van der Waals surface area contributed by atoms with Crippen molar-refractivity contribution in [3.05, 3.63) is 46.9 Å². The third-order valence-corrected chi connectivity index (χ3v) is 5.51. The van der Waals surface area contributed by atoms with Crippen molar-refractivity contribution in [3.63, 3.8) is 0 Å². The molecule has 1 aliphatic carbocycles. The van der Waals surface area contributed by atoms with Crippen LogP contribution in [0.3, 0.4) is 0 Å². The van der Waals surface area contributed by atoms with Crippen molar-refractivity contribution in [1.29, 1.82) is 0 Å². The zero-order chi connectivity index (χ0) is 18.3. The maximum absolute atomic E-state index is 13.7. The van der Waals surface area contributed by atoms with Crippen molar-refractivity contribution >= 4 is 5.91 Å². The first kappa shape index (κ1) is 17.1. The molecule has 1 unspecified atom stereocenters. The molecule has 4 rings (SSSR count). The van der Waals surface area contributed by atoms with Gasteiger partial charge in [-0.05, 0) is 62.3 Å². The SMILES string of the molecule is Cc1ccc(F)cc1C1(c2noc(CN3CCCCC(N)C3=O)n2)CC1. The highest BCUT2D eigenvalue weighted by Gasteiger charge is 2.51. The van der Waals surface area contributed by atoms with Crippen molar-refractivity contribution in [2.45, 2.75) is 57.0 Å². The minimum absolute atomic E-state index is 0.0654. The van der Waals surface area contributed by atoms with E-state index in [-0.39, 0.29) is 23.7 Å². The van der Waals surface area contributed by atoms with Crippen LogP contribution < -0.4 is 5.73 Å². The Balaban J connectivity index is 1.56. The van der Waals surface area contributed by atoms with Gasteiger partial charge in [0.25, 0.3) is 0 Å². The Bertz CT molecular complexity index is 831. The first-order valence-electron chi connectivity index (χ1n) is 9.14. The third kappa shape index (κ3) is 3.00. The topological polar surface area (TPSA) is 85.3 Å². The summed E-state index contributed by atoms with van der Waals surface area (Å²) >= 11 is 0. The van der Waals surface area contributed by atoms with Gasteiger partial charge in [0.1, 0.15) is 12.4 Å². The lowest BCUT2D eigenvalue weighted by atomic mass is 9.91. The number of carbonyl (C=O) groups is 1. The molecular formula is C19H23FN4O2. The summed E-state index contributed by atoms with van der Waals surface area (Å²) in [4.78, 5) is 18.6. The van der Waals surface area contributed by atoms with E-state index in [4.69, 9.17) is 10.3 Å². The van der Waals surface area contributed by atoms with E-state index >= 15 is 0 Å². The van der Waals surface area contributed by atoms with Gasteiger partial charge in [-0.15, -0.1) is 0 Å². The Labute approximate surface area is 151 Å². The van der Waals surface area contributed by atoms with E-state index in [2.05, 4.69) is 10.1 Å². The summed E-state index contributed by atoms with van der Waals surface area (Å²) in [5, 5.41) is 4.15. The van der Waals surface area contributed by atoms with Gasteiger partial charge in [-0.25, -0.2) is 4.39 Å². The fourth-order valence-electron chi connectivity index (χ4n) is 3.82. The molecule has 2 aromatic rings. The Morgan fingerprint density at radius 1 is 1.38 bits per heavy atom. The van der Waals surface area contributed by atoms with Gasteiger partial charge in [0, 0.05) is 6.54 Å². The summed E-state index contributed by atoms with van der Waals surface area (Å²) in [6, 6.07) is 4.35. The molecule has 0 bridgehead atoms. The van der Waals surface area contributed by atoms with Crippen LogP contribution in [0.1, 0.15) is 54.9 Å². The van der Waals surface area contributed by atoms with Crippen LogP contribution in [-0.2, 0) is 16.8 Å². The molecule has 2 heterocycles. The summed E-state index contributed by atoms with van der Waals surface area (Å²) in [7, 11) is 0. The minimum Gasteiger partial charge on any atom is -0.337 e.